The zero-order chi connectivity index (χ0) is 16.9. The maximum Gasteiger partial charge on any atom is 0.255 e. The number of rotatable bonds is 5. The van der Waals surface area contributed by atoms with Gasteiger partial charge in [0.25, 0.3) is 5.91 Å². The van der Waals surface area contributed by atoms with E-state index in [-0.39, 0.29) is 5.91 Å². The quantitative estimate of drug-likeness (QED) is 0.711. The van der Waals surface area contributed by atoms with Crippen LogP contribution in [-0.4, -0.2) is 22.6 Å². The normalized spacial score (nSPS) is 10.6. The van der Waals surface area contributed by atoms with Gasteiger partial charge in [0, 0.05) is 22.2 Å². The summed E-state index contributed by atoms with van der Waals surface area (Å²) < 4.78 is 0. The van der Waals surface area contributed by atoms with Crippen LogP contribution in [0.4, 0.5) is 0 Å². The summed E-state index contributed by atoms with van der Waals surface area (Å²) in [5.41, 5.74) is 3.12. The largest absolute Gasteiger partial charge is 0.352 e. The highest BCUT2D eigenvalue weighted by molar-refractivity contribution is 6.34. The molecule has 3 rings (SSSR count). The van der Waals surface area contributed by atoms with Crippen molar-refractivity contribution in [2.75, 3.05) is 6.54 Å². The lowest BCUT2D eigenvalue weighted by Crippen LogP contribution is -2.25. The number of hydrogen-bond donors (Lipinski definition) is 2. The van der Waals surface area contributed by atoms with E-state index in [4.69, 9.17) is 23.2 Å². The highest BCUT2D eigenvalue weighted by Gasteiger charge is 2.14. The zero-order valence-corrected chi connectivity index (χ0v) is 14.2. The van der Waals surface area contributed by atoms with Crippen LogP contribution in [0.25, 0.3) is 11.3 Å². The lowest BCUT2D eigenvalue weighted by molar-refractivity contribution is 0.0955. The Hall–Kier alpha value is -2.30. The number of nitrogens with zero attached hydrogens (tertiary/aromatic N) is 1. The molecule has 0 bridgehead atoms. The molecule has 0 saturated heterocycles. The van der Waals surface area contributed by atoms with E-state index in [1.807, 2.05) is 42.5 Å². The molecule has 24 heavy (non-hydrogen) atoms. The van der Waals surface area contributed by atoms with Gasteiger partial charge in [-0.3, -0.25) is 9.89 Å². The molecule has 2 aromatic carbocycles. The van der Waals surface area contributed by atoms with Gasteiger partial charge in [-0.15, -0.1) is 0 Å². The first kappa shape index (κ1) is 16.6. The first-order chi connectivity index (χ1) is 11.6. The van der Waals surface area contributed by atoms with E-state index < -0.39 is 0 Å². The van der Waals surface area contributed by atoms with E-state index in [0.717, 1.165) is 11.1 Å². The van der Waals surface area contributed by atoms with Gasteiger partial charge in [-0.1, -0.05) is 53.5 Å². The summed E-state index contributed by atoms with van der Waals surface area (Å²) in [6.07, 6.45) is 2.18. The van der Waals surface area contributed by atoms with Gasteiger partial charge in [0.15, 0.2) is 0 Å². The molecule has 0 aliphatic carbocycles. The van der Waals surface area contributed by atoms with Crippen molar-refractivity contribution in [2.24, 2.45) is 0 Å². The van der Waals surface area contributed by atoms with Gasteiger partial charge in [0.05, 0.1) is 17.5 Å². The maximum absolute atomic E-state index is 12.4. The molecule has 0 atom stereocenters. The first-order valence-corrected chi connectivity index (χ1v) is 8.21. The predicted octanol–water partition coefficient (Wildman–Crippen LogP) is 4.36. The number of halogens is 2. The third kappa shape index (κ3) is 3.96. The minimum absolute atomic E-state index is 0.171. The number of carbonyl (C=O) groups is 1. The minimum Gasteiger partial charge on any atom is -0.352 e. The van der Waals surface area contributed by atoms with Gasteiger partial charge in [-0.05, 0) is 30.2 Å². The van der Waals surface area contributed by atoms with E-state index in [9.17, 15) is 4.79 Å². The van der Waals surface area contributed by atoms with Crippen molar-refractivity contribution >= 4 is 29.1 Å². The van der Waals surface area contributed by atoms with Crippen molar-refractivity contribution < 1.29 is 4.79 Å². The van der Waals surface area contributed by atoms with Crippen LogP contribution >= 0.6 is 23.2 Å². The average Bonchev–Trinajstić information content (AvgIpc) is 3.04. The molecule has 1 heterocycles. The summed E-state index contributed by atoms with van der Waals surface area (Å²) in [6, 6.07) is 15.0. The van der Waals surface area contributed by atoms with Crippen LogP contribution in [0.5, 0.6) is 0 Å². The van der Waals surface area contributed by atoms with Crippen LogP contribution in [-0.2, 0) is 6.42 Å². The molecule has 0 aliphatic heterocycles. The summed E-state index contributed by atoms with van der Waals surface area (Å²) in [6.45, 7) is 0.481. The third-order valence-electron chi connectivity index (χ3n) is 3.57. The Morgan fingerprint density at radius 1 is 1.08 bits per heavy atom. The van der Waals surface area contributed by atoms with Crippen LogP contribution in [0.15, 0.2) is 54.7 Å². The Balaban J connectivity index is 1.65. The summed E-state index contributed by atoms with van der Waals surface area (Å²) in [7, 11) is 0. The molecule has 0 saturated carbocycles. The fourth-order valence-electron chi connectivity index (χ4n) is 2.45. The molecular formula is C18H15Cl2N3O. The summed E-state index contributed by atoms with van der Waals surface area (Å²) in [4.78, 5) is 12.4. The number of amides is 1. The molecule has 0 spiro atoms. The zero-order valence-electron chi connectivity index (χ0n) is 12.7. The molecule has 0 unspecified atom stereocenters. The number of aromatic nitrogens is 2. The number of carbonyl (C=O) groups excluding carboxylic acids is 1. The lowest BCUT2D eigenvalue weighted by Gasteiger charge is -2.07. The molecule has 122 valence electrons. The van der Waals surface area contributed by atoms with Crippen LogP contribution in [0, 0.1) is 0 Å². The fourth-order valence-corrected chi connectivity index (χ4v) is 3.03. The van der Waals surface area contributed by atoms with E-state index in [2.05, 4.69) is 15.5 Å². The second-order valence-electron chi connectivity index (χ2n) is 5.31. The summed E-state index contributed by atoms with van der Waals surface area (Å²) >= 11 is 12.0. The molecule has 2 N–H and O–H groups in total. The number of benzene rings is 2. The van der Waals surface area contributed by atoms with Crippen molar-refractivity contribution in [1.29, 1.82) is 0 Å². The van der Waals surface area contributed by atoms with Crippen LogP contribution in [0.1, 0.15) is 15.9 Å². The highest BCUT2D eigenvalue weighted by Crippen LogP contribution is 2.21. The number of hydrogen-bond acceptors (Lipinski definition) is 2. The fraction of sp³-hybridized carbons (Fsp3) is 0.111. The van der Waals surface area contributed by atoms with Crippen LogP contribution in [0.3, 0.4) is 0 Å². The van der Waals surface area contributed by atoms with E-state index in [1.54, 1.807) is 6.07 Å². The number of aromatic amines is 1. The van der Waals surface area contributed by atoms with E-state index >= 15 is 0 Å². The topological polar surface area (TPSA) is 57.8 Å². The van der Waals surface area contributed by atoms with Crippen molar-refractivity contribution in [2.45, 2.75) is 6.42 Å². The first-order valence-electron chi connectivity index (χ1n) is 7.45. The molecule has 4 nitrogen and oxygen atoms in total. The van der Waals surface area contributed by atoms with Crippen molar-refractivity contribution in [3.05, 3.63) is 75.9 Å². The lowest BCUT2D eigenvalue weighted by atomic mass is 10.1. The third-order valence-corrected chi connectivity index (χ3v) is 4.00. The van der Waals surface area contributed by atoms with Crippen molar-refractivity contribution in [3.63, 3.8) is 0 Å². The molecule has 0 radical (unpaired) electrons. The minimum atomic E-state index is -0.171. The molecule has 1 amide bonds. The van der Waals surface area contributed by atoms with E-state index in [1.165, 1.54) is 6.20 Å². The van der Waals surface area contributed by atoms with Gasteiger partial charge in [-0.25, -0.2) is 0 Å². The van der Waals surface area contributed by atoms with Gasteiger partial charge < -0.3 is 5.32 Å². The Kier molecular flexibility index (Phi) is 5.18. The summed E-state index contributed by atoms with van der Waals surface area (Å²) in [5, 5.41) is 10.9. The monoisotopic (exact) mass is 359 g/mol. The number of nitrogens with one attached hydrogen (secondary N) is 2. The molecule has 1 aromatic heterocycles. The molecule has 0 aliphatic rings. The Morgan fingerprint density at radius 3 is 2.50 bits per heavy atom. The second-order valence-corrected chi connectivity index (χ2v) is 6.18. The average molecular weight is 360 g/mol. The standard InChI is InChI=1S/C18H15Cl2N3O/c19-14-8-12(9-15(20)10-14)6-7-21-18(24)16-11-22-23-17(16)13-4-2-1-3-5-13/h1-5,8-11H,6-7H2,(H,21,24)(H,22,23). The Labute approximate surface area is 149 Å². The smallest absolute Gasteiger partial charge is 0.255 e. The van der Waals surface area contributed by atoms with Crippen molar-refractivity contribution in [3.8, 4) is 11.3 Å². The van der Waals surface area contributed by atoms with Crippen LogP contribution < -0.4 is 5.32 Å². The molecular weight excluding hydrogens is 345 g/mol. The van der Waals surface area contributed by atoms with Gasteiger partial charge in [-0.2, -0.15) is 5.10 Å². The predicted molar refractivity (Wildman–Crippen MR) is 96.5 cm³/mol. The maximum atomic E-state index is 12.4. The number of H-pyrrole nitrogens is 1. The Bertz CT molecular complexity index is 826. The van der Waals surface area contributed by atoms with Crippen LogP contribution in [0.2, 0.25) is 10.0 Å². The van der Waals surface area contributed by atoms with E-state index in [0.29, 0.717) is 34.3 Å². The van der Waals surface area contributed by atoms with Gasteiger partial charge >= 0.3 is 0 Å². The Morgan fingerprint density at radius 2 is 1.79 bits per heavy atom. The summed E-state index contributed by atoms with van der Waals surface area (Å²) in [5.74, 6) is -0.171. The highest BCUT2D eigenvalue weighted by atomic mass is 35.5. The SMILES string of the molecule is O=C(NCCc1cc(Cl)cc(Cl)c1)c1cn[nH]c1-c1ccccc1. The second kappa shape index (κ2) is 7.51. The molecule has 3 aromatic rings. The van der Waals surface area contributed by atoms with Gasteiger partial charge in [0.1, 0.15) is 0 Å². The molecule has 0 fully saturated rings. The van der Waals surface area contributed by atoms with Gasteiger partial charge in [0.2, 0.25) is 0 Å². The van der Waals surface area contributed by atoms with Crippen molar-refractivity contribution in [1.82, 2.24) is 15.5 Å². The molecule has 6 heteroatoms.